The molecule has 0 spiro atoms. The average molecular weight is 389 g/mol. The van der Waals surface area contributed by atoms with E-state index in [9.17, 15) is 9.59 Å². The maximum Gasteiger partial charge on any atom is 0.255 e. The Bertz CT molecular complexity index is 1090. The second-order valence-electron chi connectivity index (χ2n) is 8.59. The molecule has 1 aromatic heterocycles. The maximum atomic E-state index is 12.8. The third-order valence-electron chi connectivity index (χ3n) is 5.27. The van der Waals surface area contributed by atoms with Crippen molar-refractivity contribution in [3.05, 3.63) is 87.3 Å². The van der Waals surface area contributed by atoms with Crippen LogP contribution in [0.5, 0.6) is 0 Å². The standard InChI is InChI=1S/C25H28N2O2/c1-16-14-19(15-27(6)24(16)29)21-8-7-9-22(17(21)2)26-23(28)18-10-12-20(13-11-18)25(3,4)5/h7-15H,1-6H3,(H,26,28). The Balaban J connectivity index is 1.90. The predicted octanol–water partition coefficient (Wildman–Crippen LogP) is 5.22. The highest BCUT2D eigenvalue weighted by Gasteiger charge is 2.15. The van der Waals surface area contributed by atoms with E-state index in [-0.39, 0.29) is 16.9 Å². The van der Waals surface area contributed by atoms with Gasteiger partial charge >= 0.3 is 0 Å². The van der Waals surface area contributed by atoms with E-state index in [1.807, 2.05) is 68.6 Å². The highest BCUT2D eigenvalue weighted by molar-refractivity contribution is 6.05. The number of aromatic nitrogens is 1. The van der Waals surface area contributed by atoms with Crippen LogP contribution in [-0.4, -0.2) is 10.5 Å². The topological polar surface area (TPSA) is 51.1 Å². The second-order valence-corrected chi connectivity index (χ2v) is 8.59. The molecule has 0 bridgehead atoms. The van der Waals surface area contributed by atoms with E-state index in [1.165, 1.54) is 5.56 Å². The molecule has 1 heterocycles. The van der Waals surface area contributed by atoms with Gasteiger partial charge in [0.15, 0.2) is 0 Å². The zero-order chi connectivity index (χ0) is 21.3. The highest BCUT2D eigenvalue weighted by Crippen LogP contribution is 2.29. The van der Waals surface area contributed by atoms with Crippen molar-refractivity contribution in [2.24, 2.45) is 7.05 Å². The molecule has 29 heavy (non-hydrogen) atoms. The van der Waals surface area contributed by atoms with E-state index >= 15 is 0 Å². The molecular weight excluding hydrogens is 360 g/mol. The number of hydrogen-bond acceptors (Lipinski definition) is 2. The zero-order valence-electron chi connectivity index (χ0n) is 18.0. The summed E-state index contributed by atoms with van der Waals surface area (Å²) in [6.07, 6.45) is 1.83. The van der Waals surface area contributed by atoms with Gasteiger partial charge in [-0.1, -0.05) is 45.0 Å². The fourth-order valence-corrected chi connectivity index (χ4v) is 3.42. The van der Waals surface area contributed by atoms with Crippen LogP contribution >= 0.6 is 0 Å². The molecule has 0 saturated carbocycles. The van der Waals surface area contributed by atoms with Crippen molar-refractivity contribution in [2.75, 3.05) is 5.32 Å². The van der Waals surface area contributed by atoms with Gasteiger partial charge in [0.1, 0.15) is 0 Å². The Kier molecular flexibility index (Phi) is 5.47. The summed E-state index contributed by atoms with van der Waals surface area (Å²) in [4.78, 5) is 24.8. The molecule has 1 N–H and O–H groups in total. The number of benzene rings is 2. The number of rotatable bonds is 3. The summed E-state index contributed by atoms with van der Waals surface area (Å²) in [5.41, 5.74) is 6.22. The molecule has 0 fully saturated rings. The first-order chi connectivity index (χ1) is 13.6. The van der Waals surface area contributed by atoms with Crippen molar-refractivity contribution in [3.63, 3.8) is 0 Å². The molecule has 2 aromatic carbocycles. The minimum absolute atomic E-state index is 0.00503. The fraction of sp³-hybridized carbons (Fsp3) is 0.280. The van der Waals surface area contributed by atoms with Crippen LogP contribution in [-0.2, 0) is 12.5 Å². The van der Waals surface area contributed by atoms with Crippen molar-refractivity contribution in [2.45, 2.75) is 40.0 Å². The largest absolute Gasteiger partial charge is 0.322 e. The number of hydrogen-bond donors (Lipinski definition) is 1. The minimum atomic E-state index is -0.137. The Morgan fingerprint density at radius 3 is 2.24 bits per heavy atom. The number of anilines is 1. The third kappa shape index (κ3) is 4.32. The number of nitrogens with zero attached hydrogens (tertiary/aromatic N) is 1. The van der Waals surface area contributed by atoms with Crippen molar-refractivity contribution >= 4 is 11.6 Å². The summed E-state index contributed by atoms with van der Waals surface area (Å²) in [5, 5.41) is 3.03. The fourth-order valence-electron chi connectivity index (χ4n) is 3.42. The molecule has 0 saturated heterocycles. The van der Waals surface area contributed by atoms with Crippen LogP contribution in [0, 0.1) is 13.8 Å². The summed E-state index contributed by atoms with van der Waals surface area (Å²) >= 11 is 0. The van der Waals surface area contributed by atoms with Crippen molar-refractivity contribution < 1.29 is 4.79 Å². The molecule has 4 heteroatoms. The van der Waals surface area contributed by atoms with Gasteiger partial charge < -0.3 is 9.88 Å². The average Bonchev–Trinajstić information content (AvgIpc) is 2.66. The Morgan fingerprint density at radius 1 is 1.00 bits per heavy atom. The van der Waals surface area contributed by atoms with Crippen LogP contribution < -0.4 is 10.9 Å². The lowest BCUT2D eigenvalue weighted by Crippen LogP contribution is -2.18. The number of nitrogens with one attached hydrogen (secondary N) is 1. The quantitative estimate of drug-likeness (QED) is 0.669. The first-order valence-corrected chi connectivity index (χ1v) is 9.77. The molecule has 0 unspecified atom stereocenters. The monoisotopic (exact) mass is 388 g/mol. The predicted molar refractivity (Wildman–Crippen MR) is 120 cm³/mol. The number of aryl methyl sites for hydroxylation is 2. The van der Waals surface area contributed by atoms with Crippen LogP contribution in [0.15, 0.2) is 59.5 Å². The molecule has 0 aliphatic heterocycles. The number of pyridine rings is 1. The molecular formula is C25H28N2O2. The molecule has 0 atom stereocenters. The van der Waals surface area contributed by atoms with Gasteiger partial charge in [-0.05, 0) is 65.8 Å². The van der Waals surface area contributed by atoms with Gasteiger partial charge in [0.25, 0.3) is 11.5 Å². The summed E-state index contributed by atoms with van der Waals surface area (Å²) in [6.45, 7) is 10.2. The van der Waals surface area contributed by atoms with E-state index in [4.69, 9.17) is 0 Å². The SMILES string of the molecule is Cc1c(NC(=O)c2ccc(C(C)(C)C)cc2)cccc1-c1cc(C)c(=O)n(C)c1. The van der Waals surface area contributed by atoms with Gasteiger partial charge in [0.2, 0.25) is 0 Å². The van der Waals surface area contributed by atoms with Gasteiger partial charge in [-0.15, -0.1) is 0 Å². The normalized spacial score (nSPS) is 11.4. The van der Waals surface area contributed by atoms with Crippen LogP contribution in [0.1, 0.15) is 47.8 Å². The van der Waals surface area contributed by atoms with E-state index in [0.29, 0.717) is 11.1 Å². The molecule has 0 radical (unpaired) electrons. The Morgan fingerprint density at radius 2 is 1.66 bits per heavy atom. The van der Waals surface area contributed by atoms with Crippen LogP contribution in [0.3, 0.4) is 0 Å². The summed E-state index contributed by atoms with van der Waals surface area (Å²) in [7, 11) is 1.75. The number of carbonyl (C=O) groups is 1. The summed E-state index contributed by atoms with van der Waals surface area (Å²) in [5.74, 6) is -0.137. The lowest BCUT2D eigenvalue weighted by Gasteiger charge is -2.19. The highest BCUT2D eigenvalue weighted by atomic mass is 16.1. The van der Waals surface area contributed by atoms with Crippen LogP contribution in [0.4, 0.5) is 5.69 Å². The van der Waals surface area contributed by atoms with Crippen LogP contribution in [0.25, 0.3) is 11.1 Å². The van der Waals surface area contributed by atoms with E-state index < -0.39 is 0 Å². The van der Waals surface area contributed by atoms with Gasteiger partial charge in [-0.25, -0.2) is 0 Å². The molecule has 0 aliphatic rings. The molecule has 1 amide bonds. The Hall–Kier alpha value is -3.14. The lowest BCUT2D eigenvalue weighted by molar-refractivity contribution is 0.102. The molecule has 4 nitrogen and oxygen atoms in total. The van der Waals surface area contributed by atoms with E-state index in [0.717, 1.165) is 22.4 Å². The van der Waals surface area contributed by atoms with Crippen LogP contribution in [0.2, 0.25) is 0 Å². The Labute approximate surface area is 172 Å². The second kappa shape index (κ2) is 7.70. The first-order valence-electron chi connectivity index (χ1n) is 9.77. The van der Waals surface area contributed by atoms with Crippen molar-refractivity contribution in [3.8, 4) is 11.1 Å². The molecule has 3 rings (SSSR count). The summed E-state index contributed by atoms with van der Waals surface area (Å²) < 4.78 is 1.59. The minimum Gasteiger partial charge on any atom is -0.322 e. The van der Waals surface area contributed by atoms with Crippen molar-refractivity contribution in [1.82, 2.24) is 4.57 Å². The molecule has 150 valence electrons. The molecule has 0 aliphatic carbocycles. The lowest BCUT2D eigenvalue weighted by atomic mass is 9.86. The zero-order valence-corrected chi connectivity index (χ0v) is 18.0. The third-order valence-corrected chi connectivity index (χ3v) is 5.27. The van der Waals surface area contributed by atoms with Gasteiger partial charge in [-0.3, -0.25) is 9.59 Å². The summed E-state index contributed by atoms with van der Waals surface area (Å²) in [6, 6.07) is 15.5. The van der Waals surface area contributed by atoms with Gasteiger partial charge in [0, 0.05) is 30.1 Å². The molecule has 3 aromatic rings. The van der Waals surface area contributed by atoms with Gasteiger partial charge in [-0.2, -0.15) is 0 Å². The maximum absolute atomic E-state index is 12.8. The number of amides is 1. The van der Waals surface area contributed by atoms with E-state index in [2.05, 4.69) is 26.1 Å². The van der Waals surface area contributed by atoms with E-state index in [1.54, 1.807) is 11.6 Å². The van der Waals surface area contributed by atoms with Crippen molar-refractivity contribution in [1.29, 1.82) is 0 Å². The van der Waals surface area contributed by atoms with Gasteiger partial charge in [0.05, 0.1) is 0 Å². The first kappa shape index (κ1) is 20.6. The number of carbonyl (C=O) groups excluding carboxylic acids is 1. The smallest absolute Gasteiger partial charge is 0.255 e.